The molecule has 21 heavy (non-hydrogen) atoms. The molecule has 2 fully saturated rings. The molecule has 2 aliphatic rings. The first-order chi connectivity index (χ1) is 9.99. The Morgan fingerprint density at radius 3 is 2.52 bits per heavy atom. The van der Waals surface area contributed by atoms with Crippen LogP contribution in [-0.4, -0.2) is 29.1 Å². The first-order valence-corrected chi connectivity index (χ1v) is 9.07. The van der Waals surface area contributed by atoms with Crippen LogP contribution in [0.15, 0.2) is 0 Å². The van der Waals surface area contributed by atoms with E-state index in [1.54, 1.807) is 0 Å². The van der Waals surface area contributed by atoms with E-state index in [2.05, 4.69) is 44.8 Å². The highest BCUT2D eigenvalue weighted by molar-refractivity contribution is 5.85. The highest BCUT2D eigenvalue weighted by Gasteiger charge is 2.44. The van der Waals surface area contributed by atoms with E-state index in [1.807, 2.05) is 0 Å². The first kappa shape index (κ1) is 16.8. The molecule has 0 bridgehead atoms. The van der Waals surface area contributed by atoms with Crippen LogP contribution in [-0.2, 0) is 4.79 Å². The summed E-state index contributed by atoms with van der Waals surface area (Å²) in [4.78, 5) is 15.2. The molecule has 0 aromatic rings. The van der Waals surface area contributed by atoms with Crippen LogP contribution in [0.2, 0.25) is 0 Å². The summed E-state index contributed by atoms with van der Waals surface area (Å²) in [5.74, 6) is 2.35. The Hall–Kier alpha value is -0.570. The van der Waals surface area contributed by atoms with Gasteiger partial charge in [0.2, 0.25) is 5.91 Å². The van der Waals surface area contributed by atoms with E-state index in [4.69, 9.17) is 0 Å². The number of rotatable bonds is 5. The fourth-order valence-electron chi connectivity index (χ4n) is 4.02. The van der Waals surface area contributed by atoms with Gasteiger partial charge >= 0.3 is 0 Å². The lowest BCUT2D eigenvalue weighted by Gasteiger charge is -2.40. The van der Waals surface area contributed by atoms with E-state index >= 15 is 0 Å². The van der Waals surface area contributed by atoms with Gasteiger partial charge in [0.05, 0.1) is 12.2 Å². The molecule has 6 atom stereocenters. The summed E-state index contributed by atoms with van der Waals surface area (Å²) < 4.78 is 0. The van der Waals surface area contributed by atoms with Crippen molar-refractivity contribution in [1.29, 1.82) is 0 Å². The maximum absolute atomic E-state index is 12.9. The van der Waals surface area contributed by atoms with E-state index < -0.39 is 0 Å². The molecule has 1 saturated carbocycles. The van der Waals surface area contributed by atoms with Crippen LogP contribution in [0.4, 0.5) is 0 Å². The Kier molecular flexibility index (Phi) is 5.70. The normalized spacial score (nSPS) is 38.8. The molecule has 1 aliphatic carbocycles. The predicted octanol–water partition coefficient (Wildman–Crippen LogP) is 3.78. The molecule has 122 valence electrons. The number of nitrogens with one attached hydrogen (secondary N) is 1. The molecule has 1 aliphatic heterocycles. The molecule has 0 aromatic carbocycles. The van der Waals surface area contributed by atoms with Crippen molar-refractivity contribution in [2.24, 2.45) is 17.8 Å². The number of carbonyl (C=O) groups is 1. The minimum absolute atomic E-state index is 0.0428. The van der Waals surface area contributed by atoms with Crippen LogP contribution < -0.4 is 5.32 Å². The maximum Gasteiger partial charge on any atom is 0.241 e. The van der Waals surface area contributed by atoms with Gasteiger partial charge in [0.15, 0.2) is 0 Å². The number of amides is 1. The Morgan fingerprint density at radius 2 is 1.95 bits per heavy atom. The van der Waals surface area contributed by atoms with Crippen LogP contribution in [0.3, 0.4) is 0 Å². The summed E-state index contributed by atoms with van der Waals surface area (Å²) in [5, 5.41) is 3.64. The zero-order valence-corrected chi connectivity index (χ0v) is 14.6. The Bertz CT molecular complexity index is 357. The molecular formula is C18H34N2O. The van der Waals surface area contributed by atoms with Crippen molar-refractivity contribution in [3.05, 3.63) is 0 Å². The van der Waals surface area contributed by atoms with Crippen LogP contribution in [0.5, 0.6) is 0 Å². The molecule has 3 nitrogen and oxygen atoms in total. The van der Waals surface area contributed by atoms with Gasteiger partial charge in [0, 0.05) is 6.04 Å². The van der Waals surface area contributed by atoms with Crippen LogP contribution in [0.1, 0.15) is 73.1 Å². The summed E-state index contributed by atoms with van der Waals surface area (Å²) in [5.41, 5.74) is 0. The van der Waals surface area contributed by atoms with Crippen LogP contribution >= 0.6 is 0 Å². The van der Waals surface area contributed by atoms with Crippen molar-refractivity contribution >= 4 is 5.91 Å². The fraction of sp³-hybridized carbons (Fsp3) is 0.944. The lowest BCUT2D eigenvalue weighted by atomic mass is 9.78. The second-order valence-corrected chi connectivity index (χ2v) is 7.50. The quantitative estimate of drug-likeness (QED) is 0.837. The SMILES string of the molecule is CCCC1NC(C(C)CC)C(=O)N1C1CCC(C)C(C)C1. The van der Waals surface area contributed by atoms with Crippen molar-refractivity contribution in [3.63, 3.8) is 0 Å². The van der Waals surface area contributed by atoms with Gasteiger partial charge < -0.3 is 4.90 Å². The van der Waals surface area contributed by atoms with E-state index in [9.17, 15) is 4.79 Å². The molecule has 2 rings (SSSR count). The van der Waals surface area contributed by atoms with Gasteiger partial charge in [-0.25, -0.2) is 0 Å². The molecule has 0 spiro atoms. The average Bonchev–Trinajstić information content (AvgIpc) is 2.78. The van der Waals surface area contributed by atoms with Gasteiger partial charge in [-0.15, -0.1) is 0 Å². The van der Waals surface area contributed by atoms with E-state index in [0.717, 1.165) is 31.1 Å². The summed E-state index contributed by atoms with van der Waals surface area (Å²) in [7, 11) is 0. The molecule has 3 heteroatoms. The third kappa shape index (κ3) is 3.44. The molecule has 6 unspecified atom stereocenters. The standard InChI is InChI=1S/C18H34N2O/c1-6-8-16-19-17(12(3)7-2)18(21)20(16)15-10-9-13(4)14(5)11-15/h12-17,19H,6-11H2,1-5H3. The van der Waals surface area contributed by atoms with Gasteiger partial charge in [-0.3, -0.25) is 10.1 Å². The lowest BCUT2D eigenvalue weighted by molar-refractivity contribution is -0.134. The van der Waals surface area contributed by atoms with Crippen molar-refractivity contribution in [1.82, 2.24) is 10.2 Å². The van der Waals surface area contributed by atoms with Crippen molar-refractivity contribution < 1.29 is 4.79 Å². The summed E-state index contributed by atoms with van der Waals surface area (Å²) >= 11 is 0. The molecule has 1 saturated heterocycles. The zero-order valence-electron chi connectivity index (χ0n) is 14.6. The van der Waals surface area contributed by atoms with E-state index in [1.165, 1.54) is 19.3 Å². The number of hydrogen-bond donors (Lipinski definition) is 1. The topological polar surface area (TPSA) is 32.3 Å². The number of hydrogen-bond acceptors (Lipinski definition) is 2. The van der Waals surface area contributed by atoms with Gasteiger partial charge in [-0.1, -0.05) is 47.5 Å². The van der Waals surface area contributed by atoms with Gasteiger partial charge in [0.25, 0.3) is 0 Å². The van der Waals surface area contributed by atoms with Gasteiger partial charge in [-0.05, 0) is 43.4 Å². The largest absolute Gasteiger partial charge is 0.323 e. The third-order valence-electron chi connectivity index (χ3n) is 5.97. The minimum atomic E-state index is 0.0428. The highest BCUT2D eigenvalue weighted by atomic mass is 16.2. The molecule has 1 N–H and O–H groups in total. The summed E-state index contributed by atoms with van der Waals surface area (Å²) in [6.07, 6.45) is 7.18. The molecule has 1 amide bonds. The van der Waals surface area contributed by atoms with E-state index in [-0.39, 0.29) is 12.2 Å². The third-order valence-corrected chi connectivity index (χ3v) is 5.97. The number of carbonyl (C=O) groups excluding carboxylic acids is 1. The van der Waals surface area contributed by atoms with Gasteiger partial charge in [-0.2, -0.15) is 0 Å². The maximum atomic E-state index is 12.9. The molecular weight excluding hydrogens is 260 g/mol. The molecule has 0 radical (unpaired) electrons. The fourth-order valence-corrected chi connectivity index (χ4v) is 4.02. The monoisotopic (exact) mass is 294 g/mol. The van der Waals surface area contributed by atoms with Crippen molar-refractivity contribution in [2.45, 2.75) is 91.4 Å². The van der Waals surface area contributed by atoms with Crippen LogP contribution in [0, 0.1) is 17.8 Å². The lowest BCUT2D eigenvalue weighted by Crippen LogP contribution is -2.47. The van der Waals surface area contributed by atoms with E-state index in [0.29, 0.717) is 17.9 Å². The Balaban J connectivity index is 2.12. The summed E-state index contributed by atoms with van der Waals surface area (Å²) in [6, 6.07) is 0.503. The molecule has 1 heterocycles. The van der Waals surface area contributed by atoms with Crippen molar-refractivity contribution in [2.75, 3.05) is 0 Å². The summed E-state index contributed by atoms with van der Waals surface area (Å²) in [6.45, 7) is 11.3. The molecule has 0 aromatic heterocycles. The van der Waals surface area contributed by atoms with Gasteiger partial charge in [0.1, 0.15) is 0 Å². The zero-order chi connectivity index (χ0) is 15.6. The first-order valence-electron chi connectivity index (χ1n) is 9.07. The second-order valence-electron chi connectivity index (χ2n) is 7.50. The predicted molar refractivity (Wildman–Crippen MR) is 87.9 cm³/mol. The minimum Gasteiger partial charge on any atom is -0.323 e. The highest BCUT2D eigenvalue weighted by Crippen LogP contribution is 2.35. The Morgan fingerprint density at radius 1 is 1.24 bits per heavy atom. The van der Waals surface area contributed by atoms with Crippen LogP contribution in [0.25, 0.3) is 0 Å². The van der Waals surface area contributed by atoms with Crippen molar-refractivity contribution in [3.8, 4) is 0 Å². The average molecular weight is 294 g/mol. The number of nitrogens with zero attached hydrogens (tertiary/aromatic N) is 1. The Labute approximate surface area is 130 Å². The second kappa shape index (κ2) is 7.13. The smallest absolute Gasteiger partial charge is 0.241 e.